The third-order valence-corrected chi connectivity index (χ3v) is 5.61. The van der Waals surface area contributed by atoms with Crippen molar-refractivity contribution in [3.63, 3.8) is 0 Å². The van der Waals surface area contributed by atoms with Crippen molar-refractivity contribution in [3.05, 3.63) is 70.8 Å². The second kappa shape index (κ2) is 7.32. The van der Waals surface area contributed by atoms with Crippen molar-refractivity contribution >= 4 is 12.0 Å². The summed E-state index contributed by atoms with van der Waals surface area (Å²) >= 11 is 0. The molecule has 3 nitrogen and oxygen atoms in total. The molecule has 0 saturated carbocycles. The number of esters is 1. The Kier molecular flexibility index (Phi) is 5.25. The Morgan fingerprint density at radius 2 is 1.63 bits per heavy atom. The Morgan fingerprint density at radius 3 is 2.26 bits per heavy atom. The molecule has 2 aromatic carbocycles. The number of carbonyl (C=O) groups excluding carboxylic acids is 1. The molecule has 1 aliphatic carbocycles. The van der Waals surface area contributed by atoms with Crippen LogP contribution in [0.3, 0.4) is 0 Å². The second-order valence-electron chi connectivity index (χ2n) is 8.63. The van der Waals surface area contributed by atoms with Gasteiger partial charge >= 0.3 is 5.97 Å². The van der Waals surface area contributed by atoms with E-state index in [1.165, 1.54) is 23.6 Å². The van der Waals surface area contributed by atoms with Gasteiger partial charge in [0.15, 0.2) is 0 Å². The fourth-order valence-electron chi connectivity index (χ4n) is 3.69. The van der Waals surface area contributed by atoms with Crippen molar-refractivity contribution in [2.24, 2.45) is 0 Å². The van der Waals surface area contributed by atoms with Gasteiger partial charge in [-0.05, 0) is 64.1 Å². The zero-order chi connectivity index (χ0) is 19.7. The topological polar surface area (TPSA) is 46.5 Å². The summed E-state index contributed by atoms with van der Waals surface area (Å²) in [5.74, 6) is 0.0548. The van der Waals surface area contributed by atoms with Crippen LogP contribution in [-0.4, -0.2) is 11.1 Å². The van der Waals surface area contributed by atoms with Gasteiger partial charge in [-0.15, -0.1) is 0 Å². The molecule has 0 atom stereocenters. The Hall–Kier alpha value is -2.39. The van der Waals surface area contributed by atoms with Gasteiger partial charge in [0, 0.05) is 6.08 Å². The van der Waals surface area contributed by atoms with E-state index in [0.717, 1.165) is 17.5 Å². The lowest BCUT2D eigenvalue weighted by Gasteiger charge is -2.42. The van der Waals surface area contributed by atoms with E-state index in [2.05, 4.69) is 45.9 Å². The fourth-order valence-corrected chi connectivity index (χ4v) is 3.69. The molecule has 0 saturated heterocycles. The normalized spacial score (nSPS) is 17.5. The predicted molar refractivity (Wildman–Crippen MR) is 109 cm³/mol. The number of fused-ring (bicyclic) bond motifs is 1. The van der Waals surface area contributed by atoms with E-state index in [1.807, 2.05) is 6.08 Å². The molecule has 0 heterocycles. The molecule has 0 spiro atoms. The lowest BCUT2D eigenvalue weighted by Crippen LogP contribution is -2.33. The Balaban J connectivity index is 1.76. The van der Waals surface area contributed by atoms with Crippen LogP contribution < -0.4 is 4.74 Å². The third-order valence-electron chi connectivity index (χ3n) is 5.61. The number of aliphatic hydroxyl groups is 1. The lowest BCUT2D eigenvalue weighted by atomic mass is 9.63. The van der Waals surface area contributed by atoms with Crippen molar-refractivity contribution in [1.29, 1.82) is 0 Å². The van der Waals surface area contributed by atoms with Crippen LogP contribution in [0.5, 0.6) is 5.75 Å². The van der Waals surface area contributed by atoms with Crippen molar-refractivity contribution in [2.75, 3.05) is 0 Å². The maximum atomic E-state index is 12.1. The van der Waals surface area contributed by atoms with Crippen LogP contribution in [0.1, 0.15) is 62.8 Å². The van der Waals surface area contributed by atoms with Gasteiger partial charge in [0.25, 0.3) is 0 Å². The molecular weight excluding hydrogens is 336 g/mol. The molecule has 0 aliphatic heterocycles. The fraction of sp³-hybridized carbons (Fsp3) is 0.375. The smallest absolute Gasteiger partial charge is 0.336 e. The van der Waals surface area contributed by atoms with E-state index in [4.69, 9.17) is 9.84 Å². The molecule has 0 amide bonds. The van der Waals surface area contributed by atoms with Crippen molar-refractivity contribution in [3.8, 4) is 5.75 Å². The van der Waals surface area contributed by atoms with Crippen LogP contribution in [0, 0.1) is 0 Å². The molecule has 0 bridgehead atoms. The monoisotopic (exact) mass is 364 g/mol. The summed E-state index contributed by atoms with van der Waals surface area (Å²) in [4.78, 5) is 12.1. The molecule has 142 valence electrons. The first kappa shape index (κ1) is 19.4. The minimum Gasteiger partial charge on any atom is -0.423 e. The second-order valence-corrected chi connectivity index (χ2v) is 8.63. The van der Waals surface area contributed by atoms with Gasteiger partial charge in [-0.2, -0.15) is 0 Å². The first-order valence-electron chi connectivity index (χ1n) is 9.46. The molecule has 2 aromatic rings. The van der Waals surface area contributed by atoms with Gasteiger partial charge in [-0.3, -0.25) is 0 Å². The molecule has 3 heteroatoms. The molecule has 1 aliphatic rings. The average Bonchev–Trinajstić information content (AvgIpc) is 2.64. The minimum absolute atomic E-state index is 0.0282. The quantitative estimate of drug-likeness (QED) is 0.464. The summed E-state index contributed by atoms with van der Waals surface area (Å²) in [5.41, 5.74) is 4.89. The molecule has 0 unspecified atom stereocenters. The maximum absolute atomic E-state index is 12.1. The van der Waals surface area contributed by atoms with E-state index < -0.39 is 5.97 Å². The Morgan fingerprint density at radius 1 is 1.00 bits per heavy atom. The summed E-state index contributed by atoms with van der Waals surface area (Å²) in [5, 5.41) is 9.06. The van der Waals surface area contributed by atoms with Crippen molar-refractivity contribution < 1.29 is 14.6 Å². The maximum Gasteiger partial charge on any atom is 0.336 e. The van der Waals surface area contributed by atoms with E-state index in [-0.39, 0.29) is 17.4 Å². The SMILES string of the molecule is CC1(C)CCC(C)(C)c2cc(C=CC(=O)Oc3ccc(CO)cc3)ccc21. The summed E-state index contributed by atoms with van der Waals surface area (Å²) in [6, 6.07) is 13.3. The highest BCUT2D eigenvalue weighted by atomic mass is 16.5. The highest BCUT2D eigenvalue weighted by molar-refractivity contribution is 5.88. The predicted octanol–water partition coefficient (Wildman–Crippen LogP) is 5.15. The van der Waals surface area contributed by atoms with Crippen LogP contribution in [0.15, 0.2) is 48.5 Å². The Labute approximate surface area is 161 Å². The minimum atomic E-state index is -0.413. The summed E-state index contributed by atoms with van der Waals surface area (Å²) in [7, 11) is 0. The van der Waals surface area contributed by atoms with Gasteiger partial charge in [-0.1, -0.05) is 58.0 Å². The molecule has 3 rings (SSSR count). The van der Waals surface area contributed by atoms with Gasteiger partial charge in [0.2, 0.25) is 0 Å². The van der Waals surface area contributed by atoms with E-state index in [0.29, 0.717) is 5.75 Å². The molecule has 0 radical (unpaired) electrons. The summed E-state index contributed by atoms with van der Waals surface area (Å²) < 4.78 is 5.31. The summed E-state index contributed by atoms with van der Waals surface area (Å²) in [6.45, 7) is 9.16. The number of aliphatic hydroxyl groups excluding tert-OH is 1. The van der Waals surface area contributed by atoms with Crippen LogP contribution >= 0.6 is 0 Å². The van der Waals surface area contributed by atoms with Gasteiger partial charge < -0.3 is 9.84 Å². The molecule has 27 heavy (non-hydrogen) atoms. The zero-order valence-electron chi connectivity index (χ0n) is 16.6. The largest absolute Gasteiger partial charge is 0.423 e. The zero-order valence-corrected chi connectivity index (χ0v) is 16.6. The van der Waals surface area contributed by atoms with Crippen molar-refractivity contribution in [2.45, 2.75) is 58.0 Å². The van der Waals surface area contributed by atoms with Gasteiger partial charge in [0.1, 0.15) is 5.75 Å². The van der Waals surface area contributed by atoms with Crippen LogP contribution in [0.2, 0.25) is 0 Å². The number of ether oxygens (including phenoxy) is 1. The highest BCUT2D eigenvalue weighted by Crippen LogP contribution is 2.45. The standard InChI is InChI=1S/C24H28O3/c1-23(2)13-14-24(3,4)21-15-17(7-11-20(21)23)8-12-22(26)27-19-9-5-18(16-25)6-10-19/h5-12,15,25H,13-14,16H2,1-4H3. The average molecular weight is 364 g/mol. The summed E-state index contributed by atoms with van der Waals surface area (Å²) in [6.07, 6.45) is 5.61. The lowest BCUT2D eigenvalue weighted by molar-refractivity contribution is -0.128. The number of rotatable bonds is 4. The number of benzene rings is 2. The van der Waals surface area contributed by atoms with E-state index in [9.17, 15) is 4.79 Å². The number of hydrogen-bond donors (Lipinski definition) is 1. The first-order valence-corrected chi connectivity index (χ1v) is 9.46. The third kappa shape index (κ3) is 4.30. The van der Waals surface area contributed by atoms with Gasteiger partial charge in [0.05, 0.1) is 6.61 Å². The highest BCUT2D eigenvalue weighted by Gasteiger charge is 2.36. The molecule has 1 N–H and O–H groups in total. The number of hydrogen-bond acceptors (Lipinski definition) is 3. The molecular formula is C24H28O3. The molecule has 0 fully saturated rings. The van der Waals surface area contributed by atoms with Crippen LogP contribution in [0.25, 0.3) is 6.08 Å². The van der Waals surface area contributed by atoms with Crippen LogP contribution in [0.4, 0.5) is 0 Å². The van der Waals surface area contributed by atoms with Crippen molar-refractivity contribution in [1.82, 2.24) is 0 Å². The first-order chi connectivity index (χ1) is 12.7. The van der Waals surface area contributed by atoms with E-state index in [1.54, 1.807) is 24.3 Å². The van der Waals surface area contributed by atoms with E-state index >= 15 is 0 Å². The number of carbonyl (C=O) groups is 1. The molecule has 0 aromatic heterocycles. The Bertz CT molecular complexity index is 858. The van der Waals surface area contributed by atoms with Crippen LogP contribution in [-0.2, 0) is 22.2 Å². The van der Waals surface area contributed by atoms with Gasteiger partial charge in [-0.25, -0.2) is 4.79 Å².